The maximum Gasteiger partial charge on any atom is 0.298 e. The van der Waals surface area contributed by atoms with Crippen molar-refractivity contribution in [3.05, 3.63) is 42.5 Å². The molecule has 9 heteroatoms. The topological polar surface area (TPSA) is 93.9 Å². The number of ether oxygens (including phenoxy) is 2. The maximum absolute atomic E-state index is 12.8. The first-order valence-corrected chi connectivity index (χ1v) is 10.8. The van der Waals surface area contributed by atoms with Crippen LogP contribution < -0.4 is 19.1 Å². The Morgan fingerprint density at radius 3 is 2.72 bits per heavy atom. The molecule has 1 saturated heterocycles. The number of nitrogens with one attached hydrogen (secondary N) is 1. The fourth-order valence-electron chi connectivity index (χ4n) is 3.56. The average Bonchev–Trinajstić information content (AvgIpc) is 3.38. The summed E-state index contributed by atoms with van der Waals surface area (Å²) in [5.74, 6) is 0.841. The molecule has 4 rings (SSSR count). The van der Waals surface area contributed by atoms with E-state index in [1.54, 1.807) is 6.07 Å². The molecular formula is C20H23N3O5S. The van der Waals surface area contributed by atoms with Crippen LogP contribution in [-0.2, 0) is 10.0 Å². The van der Waals surface area contributed by atoms with Crippen LogP contribution >= 0.6 is 0 Å². The minimum atomic E-state index is -3.70. The Bertz CT molecular complexity index is 1080. The lowest BCUT2D eigenvalue weighted by Gasteiger charge is -2.23. The number of hydrogen-bond donors (Lipinski definition) is 1. The van der Waals surface area contributed by atoms with Crippen molar-refractivity contribution >= 4 is 27.1 Å². The van der Waals surface area contributed by atoms with Crippen molar-refractivity contribution in [3.8, 4) is 11.5 Å². The van der Waals surface area contributed by atoms with Crippen molar-refractivity contribution < 1.29 is 22.3 Å². The molecule has 1 aromatic heterocycles. The third kappa shape index (κ3) is 3.88. The zero-order chi connectivity index (χ0) is 20.4. The Kier molecular flexibility index (Phi) is 5.33. The number of methoxy groups -OCH3 is 2. The molecule has 0 aliphatic carbocycles. The second kappa shape index (κ2) is 7.92. The van der Waals surface area contributed by atoms with Crippen molar-refractivity contribution in [1.82, 2.24) is 9.71 Å². The van der Waals surface area contributed by atoms with Gasteiger partial charge in [0.25, 0.3) is 6.01 Å². The summed E-state index contributed by atoms with van der Waals surface area (Å²) < 4.78 is 44.5. The molecule has 1 atom stereocenters. The Hall–Kier alpha value is -2.78. The van der Waals surface area contributed by atoms with E-state index in [-0.39, 0.29) is 17.5 Å². The predicted octanol–water partition coefficient (Wildman–Crippen LogP) is 2.79. The van der Waals surface area contributed by atoms with E-state index in [1.807, 2.05) is 29.2 Å². The lowest BCUT2D eigenvalue weighted by molar-refractivity contribution is 0.354. The zero-order valence-electron chi connectivity index (χ0n) is 16.3. The fraction of sp³-hybridized carbons (Fsp3) is 0.350. The van der Waals surface area contributed by atoms with E-state index in [1.165, 1.54) is 26.4 Å². The number of para-hydroxylation sites is 2. The SMILES string of the molecule is COc1ccc(S(=O)(=O)NCC2CCCN2c2nc3ccccc3o2)cc1OC. The van der Waals surface area contributed by atoms with Gasteiger partial charge in [0.2, 0.25) is 10.0 Å². The number of sulfonamides is 1. The number of nitrogens with zero attached hydrogens (tertiary/aromatic N) is 2. The summed E-state index contributed by atoms with van der Waals surface area (Å²) in [5, 5.41) is 0. The van der Waals surface area contributed by atoms with Gasteiger partial charge in [0, 0.05) is 25.2 Å². The van der Waals surface area contributed by atoms with Crippen molar-refractivity contribution in [1.29, 1.82) is 0 Å². The number of rotatable bonds is 7. The molecule has 0 saturated carbocycles. The minimum Gasteiger partial charge on any atom is -0.493 e. The van der Waals surface area contributed by atoms with Gasteiger partial charge in [-0.15, -0.1) is 0 Å². The Balaban J connectivity index is 1.50. The monoisotopic (exact) mass is 417 g/mol. The van der Waals surface area contributed by atoms with Gasteiger partial charge in [-0.2, -0.15) is 4.98 Å². The highest BCUT2D eigenvalue weighted by Gasteiger charge is 2.30. The van der Waals surface area contributed by atoms with Gasteiger partial charge < -0.3 is 18.8 Å². The van der Waals surface area contributed by atoms with Gasteiger partial charge in [-0.05, 0) is 37.1 Å². The van der Waals surface area contributed by atoms with Crippen LogP contribution in [-0.4, -0.2) is 46.8 Å². The van der Waals surface area contributed by atoms with Gasteiger partial charge in [-0.25, -0.2) is 13.1 Å². The summed E-state index contributed by atoms with van der Waals surface area (Å²) in [5.41, 5.74) is 1.51. The number of hydrogen-bond acceptors (Lipinski definition) is 7. The van der Waals surface area contributed by atoms with E-state index in [4.69, 9.17) is 13.9 Å². The lowest BCUT2D eigenvalue weighted by Crippen LogP contribution is -2.40. The first-order chi connectivity index (χ1) is 14.0. The van der Waals surface area contributed by atoms with E-state index in [0.29, 0.717) is 17.5 Å². The second-order valence-electron chi connectivity index (χ2n) is 6.82. The quantitative estimate of drug-likeness (QED) is 0.632. The summed E-state index contributed by atoms with van der Waals surface area (Å²) in [6.07, 6.45) is 1.80. The molecule has 1 aliphatic rings. The molecular weight excluding hydrogens is 394 g/mol. The van der Waals surface area contributed by atoms with Gasteiger partial charge in [0.1, 0.15) is 5.52 Å². The van der Waals surface area contributed by atoms with Crippen LogP contribution in [0.2, 0.25) is 0 Å². The minimum absolute atomic E-state index is 0.0296. The van der Waals surface area contributed by atoms with Gasteiger partial charge >= 0.3 is 0 Å². The normalized spacial score (nSPS) is 17.0. The van der Waals surface area contributed by atoms with E-state index in [0.717, 1.165) is 30.5 Å². The summed E-state index contributed by atoms with van der Waals surface area (Å²) in [6.45, 7) is 1.03. The van der Waals surface area contributed by atoms with Crippen molar-refractivity contribution in [2.24, 2.45) is 0 Å². The highest BCUT2D eigenvalue weighted by Crippen LogP contribution is 2.30. The van der Waals surface area contributed by atoms with Crippen LogP contribution in [0, 0.1) is 0 Å². The molecule has 2 aromatic carbocycles. The molecule has 29 heavy (non-hydrogen) atoms. The first kappa shape index (κ1) is 19.5. The van der Waals surface area contributed by atoms with Gasteiger partial charge in [-0.1, -0.05) is 12.1 Å². The maximum atomic E-state index is 12.8. The first-order valence-electron chi connectivity index (χ1n) is 9.36. The molecule has 2 heterocycles. The fourth-order valence-corrected chi connectivity index (χ4v) is 4.64. The van der Waals surface area contributed by atoms with Crippen molar-refractivity contribution in [3.63, 3.8) is 0 Å². The van der Waals surface area contributed by atoms with E-state index in [2.05, 4.69) is 9.71 Å². The van der Waals surface area contributed by atoms with Crippen LogP contribution in [0.4, 0.5) is 6.01 Å². The molecule has 1 unspecified atom stereocenters. The number of aromatic nitrogens is 1. The van der Waals surface area contributed by atoms with Crippen molar-refractivity contribution in [2.75, 3.05) is 32.2 Å². The highest BCUT2D eigenvalue weighted by atomic mass is 32.2. The summed E-state index contributed by atoms with van der Waals surface area (Å²) in [6, 6.07) is 12.6. The van der Waals surface area contributed by atoms with E-state index >= 15 is 0 Å². The Morgan fingerprint density at radius 1 is 1.17 bits per heavy atom. The second-order valence-corrected chi connectivity index (χ2v) is 8.59. The molecule has 1 fully saturated rings. The van der Waals surface area contributed by atoms with Gasteiger partial charge in [-0.3, -0.25) is 0 Å². The number of benzene rings is 2. The molecule has 0 bridgehead atoms. The highest BCUT2D eigenvalue weighted by molar-refractivity contribution is 7.89. The molecule has 0 spiro atoms. The smallest absolute Gasteiger partial charge is 0.298 e. The summed E-state index contributed by atoms with van der Waals surface area (Å²) >= 11 is 0. The van der Waals surface area contributed by atoms with E-state index < -0.39 is 10.0 Å². The zero-order valence-corrected chi connectivity index (χ0v) is 17.1. The van der Waals surface area contributed by atoms with Gasteiger partial charge in [0.15, 0.2) is 17.1 Å². The Labute approximate surface area is 169 Å². The molecule has 1 N–H and O–H groups in total. The molecule has 154 valence electrons. The average molecular weight is 417 g/mol. The Morgan fingerprint density at radius 2 is 1.97 bits per heavy atom. The summed E-state index contributed by atoms with van der Waals surface area (Å²) in [4.78, 5) is 6.69. The van der Waals surface area contributed by atoms with Crippen molar-refractivity contribution in [2.45, 2.75) is 23.8 Å². The predicted molar refractivity (Wildman–Crippen MR) is 109 cm³/mol. The third-order valence-electron chi connectivity index (χ3n) is 5.08. The molecule has 0 amide bonds. The van der Waals surface area contributed by atoms with E-state index in [9.17, 15) is 8.42 Å². The number of anilines is 1. The molecule has 8 nitrogen and oxygen atoms in total. The molecule has 1 aliphatic heterocycles. The van der Waals surface area contributed by atoms with Crippen LogP contribution in [0.1, 0.15) is 12.8 Å². The standard InChI is InChI=1S/C20H23N3O5S/c1-26-18-10-9-15(12-19(18)27-2)29(24,25)21-13-14-6-5-11-23(14)20-22-16-7-3-4-8-17(16)28-20/h3-4,7-10,12,14,21H,5-6,11,13H2,1-2H3. The molecule has 0 radical (unpaired) electrons. The van der Waals surface area contributed by atoms with Crippen LogP contribution in [0.5, 0.6) is 11.5 Å². The third-order valence-corrected chi connectivity index (χ3v) is 6.50. The van der Waals surface area contributed by atoms with Crippen LogP contribution in [0.15, 0.2) is 51.8 Å². The lowest BCUT2D eigenvalue weighted by atomic mass is 10.2. The van der Waals surface area contributed by atoms with Crippen LogP contribution in [0.25, 0.3) is 11.1 Å². The number of fused-ring (bicyclic) bond motifs is 1. The summed E-state index contributed by atoms with van der Waals surface area (Å²) in [7, 11) is -0.723. The number of oxazole rings is 1. The molecule has 3 aromatic rings. The largest absolute Gasteiger partial charge is 0.493 e. The van der Waals surface area contributed by atoms with Crippen LogP contribution in [0.3, 0.4) is 0 Å². The van der Waals surface area contributed by atoms with Gasteiger partial charge in [0.05, 0.1) is 19.1 Å².